The summed E-state index contributed by atoms with van der Waals surface area (Å²) >= 11 is 0. The van der Waals surface area contributed by atoms with Gasteiger partial charge in [-0.3, -0.25) is 18.6 Å². The maximum atomic E-state index is 12.8. The molecule has 0 aliphatic carbocycles. The molecule has 0 amide bonds. The smallest absolute Gasteiger partial charge is 0.462 e. The van der Waals surface area contributed by atoms with Crippen LogP contribution in [-0.4, -0.2) is 49.3 Å². The highest BCUT2D eigenvalue weighted by Gasteiger charge is 2.26. The van der Waals surface area contributed by atoms with E-state index in [-0.39, 0.29) is 38.6 Å². The third kappa shape index (κ3) is 71.9. The van der Waals surface area contributed by atoms with Crippen molar-refractivity contribution >= 4 is 19.8 Å². The van der Waals surface area contributed by atoms with E-state index in [1.807, 2.05) is 0 Å². The van der Waals surface area contributed by atoms with Crippen LogP contribution in [0.5, 0.6) is 0 Å². The molecule has 2 unspecified atom stereocenters. The lowest BCUT2D eigenvalue weighted by atomic mass is 10.0. The van der Waals surface area contributed by atoms with E-state index >= 15 is 0 Å². The molecule has 87 heavy (non-hydrogen) atoms. The molecule has 0 bridgehead atoms. The molecule has 0 heterocycles. The van der Waals surface area contributed by atoms with Crippen molar-refractivity contribution in [1.82, 2.24) is 0 Å². The predicted molar refractivity (Wildman–Crippen MR) is 376 cm³/mol. The van der Waals surface area contributed by atoms with E-state index in [1.54, 1.807) is 0 Å². The van der Waals surface area contributed by atoms with E-state index in [2.05, 4.69) is 111 Å². The Balaban J connectivity index is 3.79. The number of unbranched alkanes of at least 4 members (excludes halogenated alkanes) is 40. The Morgan fingerprint density at radius 3 is 0.943 bits per heavy atom. The van der Waals surface area contributed by atoms with Crippen LogP contribution in [0, 0.1) is 0 Å². The number of rotatable bonds is 69. The number of hydrogen-bond donors (Lipinski definition) is 2. The van der Waals surface area contributed by atoms with E-state index in [9.17, 15) is 19.0 Å². The van der Waals surface area contributed by atoms with Crippen molar-refractivity contribution in [1.29, 1.82) is 0 Å². The van der Waals surface area contributed by atoms with Gasteiger partial charge in [0.1, 0.15) is 6.61 Å². The maximum absolute atomic E-state index is 12.8. The zero-order valence-electron chi connectivity index (χ0n) is 56.7. The van der Waals surface area contributed by atoms with Crippen LogP contribution >= 0.6 is 7.82 Å². The Morgan fingerprint density at radius 1 is 0.356 bits per heavy atom. The summed E-state index contributed by atoms with van der Waals surface area (Å²) in [6, 6.07) is 0. The summed E-state index contributed by atoms with van der Waals surface area (Å²) in [5.74, 6) is -0.824. The lowest BCUT2D eigenvalue weighted by molar-refractivity contribution is -0.161. The number of nitrogens with two attached hydrogens (primary N) is 1. The lowest BCUT2D eigenvalue weighted by Gasteiger charge is -2.19. The standard InChI is InChI=1S/C77H138NO8P/c1-3-5-7-9-11-13-15-17-19-21-23-25-27-29-30-31-32-33-34-35-36-37-38-39-40-41-42-43-44-46-47-49-51-53-55-57-59-61-63-65-67-69-76(79)83-73-75(74-85-87(81,82)84-72-71-78)86-77(80)70-68-66-64-62-60-58-56-54-52-50-48-45-28-26-24-22-20-18-16-14-12-10-8-6-4-2/h6,8,12,14-15,17-18,20-21,23-24,26-27,29,45,48,75H,3-5,7,9-11,13,16,19,22,25,28,30-44,46-47,49-74,78H2,1-2H3,(H,81,82)/b8-6-,14-12-,17-15-,20-18-,23-21-,26-24-,29-27-,48-45-. The fourth-order valence-electron chi connectivity index (χ4n) is 10.6. The first-order chi connectivity index (χ1) is 42.8. The van der Waals surface area contributed by atoms with Gasteiger partial charge >= 0.3 is 19.8 Å². The van der Waals surface area contributed by atoms with Crippen molar-refractivity contribution in [2.45, 2.75) is 354 Å². The minimum atomic E-state index is -4.40. The molecule has 0 rings (SSSR count). The van der Waals surface area contributed by atoms with Gasteiger partial charge in [0.05, 0.1) is 13.2 Å². The number of carbonyl (C=O) groups excluding carboxylic acids is 2. The van der Waals surface area contributed by atoms with E-state index < -0.39 is 26.5 Å². The number of esters is 2. The summed E-state index contributed by atoms with van der Waals surface area (Å²) in [6.07, 6.45) is 98.1. The van der Waals surface area contributed by atoms with Gasteiger partial charge in [0.25, 0.3) is 0 Å². The van der Waals surface area contributed by atoms with Crippen LogP contribution in [-0.2, 0) is 32.7 Å². The second-order valence-electron chi connectivity index (χ2n) is 24.4. The van der Waals surface area contributed by atoms with Crippen LogP contribution in [0.15, 0.2) is 97.2 Å². The van der Waals surface area contributed by atoms with Gasteiger partial charge in [0.2, 0.25) is 0 Å². The summed E-state index contributed by atoms with van der Waals surface area (Å²) in [4.78, 5) is 35.4. The Bertz CT molecular complexity index is 1750. The van der Waals surface area contributed by atoms with Crippen molar-refractivity contribution in [3.8, 4) is 0 Å². The number of phosphoric ester groups is 1. The van der Waals surface area contributed by atoms with Gasteiger partial charge in [-0.05, 0) is 96.3 Å². The Kier molecular flexibility index (Phi) is 69.5. The third-order valence-corrected chi connectivity index (χ3v) is 16.9. The minimum Gasteiger partial charge on any atom is -0.462 e. The highest BCUT2D eigenvalue weighted by Crippen LogP contribution is 2.43. The summed E-state index contributed by atoms with van der Waals surface area (Å²) in [7, 11) is -4.40. The molecule has 0 fully saturated rings. The molecule has 2 atom stereocenters. The molecule has 504 valence electrons. The van der Waals surface area contributed by atoms with Crippen molar-refractivity contribution in [3.05, 3.63) is 97.2 Å². The van der Waals surface area contributed by atoms with Crippen molar-refractivity contribution in [2.24, 2.45) is 5.73 Å². The van der Waals surface area contributed by atoms with Crippen LogP contribution in [0.2, 0.25) is 0 Å². The normalized spacial score (nSPS) is 13.5. The molecular formula is C77H138NO8P. The molecule has 0 saturated heterocycles. The molecule has 0 spiro atoms. The van der Waals surface area contributed by atoms with E-state index in [0.29, 0.717) is 6.42 Å². The van der Waals surface area contributed by atoms with Gasteiger partial charge in [-0.25, -0.2) is 4.57 Å². The topological polar surface area (TPSA) is 134 Å². The number of carbonyl (C=O) groups is 2. The first kappa shape index (κ1) is 83.9. The predicted octanol–water partition coefficient (Wildman–Crippen LogP) is 24.3. The van der Waals surface area contributed by atoms with Crippen LogP contribution in [0.3, 0.4) is 0 Å². The van der Waals surface area contributed by atoms with Gasteiger partial charge in [-0.1, -0.05) is 336 Å². The van der Waals surface area contributed by atoms with Gasteiger partial charge in [-0.2, -0.15) is 0 Å². The zero-order chi connectivity index (χ0) is 63.0. The largest absolute Gasteiger partial charge is 0.472 e. The molecule has 3 N–H and O–H groups in total. The van der Waals surface area contributed by atoms with Crippen LogP contribution in [0.4, 0.5) is 0 Å². The van der Waals surface area contributed by atoms with Gasteiger partial charge in [-0.15, -0.1) is 0 Å². The average molecular weight is 1240 g/mol. The minimum absolute atomic E-state index is 0.0501. The van der Waals surface area contributed by atoms with Crippen LogP contribution in [0.1, 0.15) is 348 Å². The van der Waals surface area contributed by atoms with Gasteiger partial charge in [0, 0.05) is 19.4 Å². The first-order valence-electron chi connectivity index (χ1n) is 36.7. The lowest BCUT2D eigenvalue weighted by Crippen LogP contribution is -2.29. The fourth-order valence-corrected chi connectivity index (χ4v) is 11.3. The van der Waals surface area contributed by atoms with Gasteiger partial charge in [0.15, 0.2) is 6.10 Å². The SMILES string of the molecule is CC/C=C\C/C=C\C/C=C\C/C=C\C/C=C\CCCCCCCCCCCC(=O)OC(COC(=O)CCCCCCCCCCCCCCCCCCCCCCCCCCCC/C=C\C/C=C\C/C=C\CCCCCCC)COP(=O)(O)OCCN. The highest BCUT2D eigenvalue weighted by molar-refractivity contribution is 7.47. The molecule has 0 aromatic carbocycles. The molecule has 0 saturated carbocycles. The van der Waals surface area contributed by atoms with E-state index in [1.165, 1.54) is 225 Å². The molecule has 10 heteroatoms. The summed E-state index contributed by atoms with van der Waals surface area (Å²) < 4.78 is 33.2. The summed E-state index contributed by atoms with van der Waals surface area (Å²) in [5.41, 5.74) is 5.40. The van der Waals surface area contributed by atoms with Crippen LogP contribution in [0.25, 0.3) is 0 Å². The molecule has 0 aromatic rings. The third-order valence-electron chi connectivity index (χ3n) is 16.0. The second-order valence-corrected chi connectivity index (χ2v) is 25.9. The Labute approximate surface area is 537 Å². The Hall–Kier alpha value is -3.07. The molecule has 0 radical (unpaired) electrons. The zero-order valence-corrected chi connectivity index (χ0v) is 57.6. The van der Waals surface area contributed by atoms with Crippen molar-refractivity contribution in [2.75, 3.05) is 26.4 Å². The molecule has 0 aliphatic heterocycles. The molecular weight excluding hydrogens is 1100 g/mol. The summed E-state index contributed by atoms with van der Waals surface area (Å²) in [6.45, 7) is 3.65. The number of phosphoric acid groups is 1. The summed E-state index contributed by atoms with van der Waals surface area (Å²) in [5, 5.41) is 0. The number of ether oxygens (including phenoxy) is 2. The van der Waals surface area contributed by atoms with Crippen molar-refractivity contribution < 1.29 is 37.6 Å². The fraction of sp³-hybridized carbons (Fsp3) is 0.766. The van der Waals surface area contributed by atoms with Crippen molar-refractivity contribution in [3.63, 3.8) is 0 Å². The monoisotopic (exact) mass is 1240 g/mol. The van der Waals surface area contributed by atoms with Crippen LogP contribution < -0.4 is 5.73 Å². The van der Waals surface area contributed by atoms with Gasteiger partial charge < -0.3 is 20.1 Å². The number of allylic oxidation sites excluding steroid dienone is 16. The average Bonchev–Trinajstić information content (AvgIpc) is 3.64. The first-order valence-corrected chi connectivity index (χ1v) is 38.2. The Morgan fingerprint density at radius 2 is 0.632 bits per heavy atom. The molecule has 9 nitrogen and oxygen atoms in total. The molecule has 0 aromatic heterocycles. The quantitative estimate of drug-likeness (QED) is 0.0264. The van der Waals surface area contributed by atoms with E-state index in [4.69, 9.17) is 24.3 Å². The second kappa shape index (κ2) is 72.0. The maximum Gasteiger partial charge on any atom is 0.472 e. The van der Waals surface area contributed by atoms with E-state index in [0.717, 1.165) is 89.9 Å². The molecule has 0 aliphatic rings. The number of hydrogen-bond acceptors (Lipinski definition) is 8. The highest BCUT2D eigenvalue weighted by atomic mass is 31.2.